The van der Waals surface area contributed by atoms with Crippen molar-refractivity contribution in [2.75, 3.05) is 6.54 Å². The van der Waals surface area contributed by atoms with Crippen LogP contribution in [0.25, 0.3) is 10.9 Å². The highest BCUT2D eigenvalue weighted by Gasteiger charge is 2.17. The zero-order valence-electron chi connectivity index (χ0n) is 16.0. The quantitative estimate of drug-likeness (QED) is 0.571. The first-order chi connectivity index (χ1) is 13.8. The van der Waals surface area contributed by atoms with Crippen molar-refractivity contribution in [1.82, 2.24) is 14.7 Å². The number of ether oxygens (including phenoxy) is 1. The van der Waals surface area contributed by atoms with Crippen molar-refractivity contribution in [2.45, 2.75) is 31.3 Å². The van der Waals surface area contributed by atoms with Crippen LogP contribution in [0.1, 0.15) is 30.8 Å². The summed E-state index contributed by atoms with van der Waals surface area (Å²) in [5.41, 5.74) is 1.13. The van der Waals surface area contributed by atoms with E-state index in [1.807, 2.05) is 6.92 Å². The van der Waals surface area contributed by atoms with E-state index < -0.39 is 22.1 Å². The van der Waals surface area contributed by atoms with E-state index in [1.54, 1.807) is 43.3 Å². The fourth-order valence-corrected chi connectivity index (χ4v) is 3.73. The number of aromatic nitrogens is 2. The van der Waals surface area contributed by atoms with Crippen molar-refractivity contribution in [3.8, 4) is 0 Å². The summed E-state index contributed by atoms with van der Waals surface area (Å²) < 4.78 is 32.1. The van der Waals surface area contributed by atoms with Gasteiger partial charge in [-0.3, -0.25) is 9.59 Å². The second-order valence-electron chi connectivity index (χ2n) is 6.56. The Kier molecular flexibility index (Phi) is 6.09. The minimum absolute atomic E-state index is 0.108. The highest BCUT2D eigenvalue weighted by molar-refractivity contribution is 7.89. The van der Waals surface area contributed by atoms with Gasteiger partial charge >= 0.3 is 5.97 Å². The molecule has 0 saturated carbocycles. The third-order valence-corrected chi connectivity index (χ3v) is 5.75. The number of hydrogen-bond acceptors (Lipinski definition) is 6. The van der Waals surface area contributed by atoms with Crippen LogP contribution in [-0.2, 0) is 19.6 Å². The minimum Gasteiger partial charge on any atom is -0.454 e. The molecule has 0 saturated heterocycles. The Morgan fingerprint density at radius 2 is 1.86 bits per heavy atom. The maximum atomic E-state index is 12.2. The molecule has 29 heavy (non-hydrogen) atoms. The van der Waals surface area contributed by atoms with E-state index in [4.69, 9.17) is 4.74 Å². The molecular formula is C20H21N3O5S. The number of aromatic amines is 1. The topological polar surface area (TPSA) is 118 Å². The maximum Gasteiger partial charge on any atom is 0.307 e. The molecule has 3 aromatic rings. The number of aryl methyl sites for hydroxylation is 1. The molecule has 1 atom stereocenters. The van der Waals surface area contributed by atoms with Gasteiger partial charge in [0.05, 0.1) is 22.2 Å². The number of fused-ring (bicyclic) bond motifs is 1. The largest absolute Gasteiger partial charge is 0.454 e. The average molecular weight is 415 g/mol. The van der Waals surface area contributed by atoms with E-state index in [1.165, 1.54) is 12.1 Å². The summed E-state index contributed by atoms with van der Waals surface area (Å²) in [5, 5.41) is 0.445. The molecule has 8 nitrogen and oxygen atoms in total. The fraction of sp³-hybridized carbons (Fsp3) is 0.250. The van der Waals surface area contributed by atoms with Crippen LogP contribution in [0, 0.1) is 6.92 Å². The van der Waals surface area contributed by atoms with Crippen LogP contribution in [0.3, 0.4) is 0 Å². The van der Waals surface area contributed by atoms with Gasteiger partial charge in [-0.2, -0.15) is 0 Å². The van der Waals surface area contributed by atoms with Crippen LogP contribution in [0.2, 0.25) is 0 Å². The van der Waals surface area contributed by atoms with Crippen molar-refractivity contribution >= 4 is 26.9 Å². The molecule has 9 heteroatoms. The summed E-state index contributed by atoms with van der Waals surface area (Å²) in [4.78, 5) is 31.2. The zero-order chi connectivity index (χ0) is 21.0. The molecule has 3 rings (SSSR count). The van der Waals surface area contributed by atoms with E-state index in [0.29, 0.717) is 10.9 Å². The van der Waals surface area contributed by atoms with E-state index >= 15 is 0 Å². The van der Waals surface area contributed by atoms with Crippen molar-refractivity contribution in [1.29, 1.82) is 0 Å². The van der Waals surface area contributed by atoms with Crippen LogP contribution < -0.4 is 10.3 Å². The van der Waals surface area contributed by atoms with Crippen LogP contribution in [0.4, 0.5) is 0 Å². The lowest BCUT2D eigenvalue weighted by molar-refractivity contribution is -0.148. The van der Waals surface area contributed by atoms with Gasteiger partial charge < -0.3 is 9.72 Å². The van der Waals surface area contributed by atoms with Gasteiger partial charge in [-0.1, -0.05) is 29.8 Å². The third-order valence-electron chi connectivity index (χ3n) is 4.28. The van der Waals surface area contributed by atoms with Crippen molar-refractivity contribution < 1.29 is 17.9 Å². The number of esters is 1. The number of rotatable bonds is 7. The summed E-state index contributed by atoms with van der Waals surface area (Å²) >= 11 is 0. The van der Waals surface area contributed by atoms with Crippen LogP contribution in [-0.4, -0.2) is 30.9 Å². The number of carbonyl (C=O) groups excluding carboxylic acids is 1. The van der Waals surface area contributed by atoms with Gasteiger partial charge in [-0.05, 0) is 38.1 Å². The van der Waals surface area contributed by atoms with Crippen molar-refractivity contribution in [3.05, 3.63) is 70.3 Å². The molecule has 0 aliphatic heterocycles. The molecule has 0 aliphatic carbocycles. The van der Waals surface area contributed by atoms with Crippen LogP contribution >= 0.6 is 0 Å². The molecule has 1 heterocycles. The molecule has 0 unspecified atom stereocenters. The van der Waals surface area contributed by atoms with Crippen molar-refractivity contribution in [3.63, 3.8) is 0 Å². The molecular weight excluding hydrogens is 394 g/mol. The zero-order valence-corrected chi connectivity index (χ0v) is 16.8. The Balaban J connectivity index is 1.58. The Bertz CT molecular complexity index is 1190. The van der Waals surface area contributed by atoms with E-state index in [9.17, 15) is 18.0 Å². The molecule has 0 radical (unpaired) electrons. The molecule has 0 amide bonds. The lowest BCUT2D eigenvalue weighted by Gasteiger charge is -2.13. The molecule has 2 aromatic carbocycles. The summed E-state index contributed by atoms with van der Waals surface area (Å²) in [7, 11) is -3.70. The predicted molar refractivity (Wildman–Crippen MR) is 108 cm³/mol. The number of carbonyl (C=O) groups is 1. The Labute approximate surface area is 168 Å². The van der Waals surface area contributed by atoms with Gasteiger partial charge in [0.2, 0.25) is 10.0 Å². The Morgan fingerprint density at radius 3 is 2.59 bits per heavy atom. The van der Waals surface area contributed by atoms with Gasteiger partial charge in [-0.25, -0.2) is 18.1 Å². The maximum absolute atomic E-state index is 12.2. The normalized spacial score (nSPS) is 12.6. The van der Waals surface area contributed by atoms with Gasteiger partial charge in [0.25, 0.3) is 5.56 Å². The molecule has 0 spiro atoms. The van der Waals surface area contributed by atoms with E-state index in [-0.39, 0.29) is 29.2 Å². The summed E-state index contributed by atoms with van der Waals surface area (Å²) in [6.45, 7) is 3.34. The minimum atomic E-state index is -3.70. The summed E-state index contributed by atoms with van der Waals surface area (Å²) in [6, 6.07) is 13.2. The molecule has 0 fully saturated rings. The third kappa shape index (κ3) is 5.07. The average Bonchev–Trinajstić information content (AvgIpc) is 2.68. The fourth-order valence-electron chi connectivity index (χ4n) is 2.70. The molecule has 0 bridgehead atoms. The Hall–Kier alpha value is -3.04. The summed E-state index contributed by atoms with van der Waals surface area (Å²) in [6.07, 6.45) is -0.943. The molecule has 2 N–H and O–H groups in total. The van der Waals surface area contributed by atoms with Crippen LogP contribution in [0.5, 0.6) is 0 Å². The summed E-state index contributed by atoms with van der Waals surface area (Å²) in [5.74, 6) is -0.387. The number of sulfonamides is 1. The number of hydrogen-bond donors (Lipinski definition) is 2. The van der Waals surface area contributed by atoms with Gasteiger partial charge in [0, 0.05) is 6.54 Å². The molecule has 152 valence electrons. The van der Waals surface area contributed by atoms with Crippen LogP contribution in [0.15, 0.2) is 58.2 Å². The van der Waals surface area contributed by atoms with Gasteiger partial charge in [0.1, 0.15) is 0 Å². The van der Waals surface area contributed by atoms with Gasteiger partial charge in [-0.15, -0.1) is 0 Å². The van der Waals surface area contributed by atoms with E-state index in [2.05, 4.69) is 14.7 Å². The molecule has 0 aliphatic rings. The lowest BCUT2D eigenvalue weighted by atomic mass is 10.2. The van der Waals surface area contributed by atoms with Gasteiger partial charge in [0.15, 0.2) is 11.9 Å². The monoisotopic (exact) mass is 415 g/mol. The highest BCUT2D eigenvalue weighted by atomic mass is 32.2. The highest BCUT2D eigenvalue weighted by Crippen LogP contribution is 2.15. The predicted octanol–water partition coefficient (Wildman–Crippen LogP) is 2.20. The number of H-pyrrole nitrogens is 1. The number of nitrogens with one attached hydrogen (secondary N) is 2. The lowest BCUT2D eigenvalue weighted by Crippen LogP contribution is -2.27. The first kappa shape index (κ1) is 20.7. The standard InChI is InChI=1S/C20H21N3O5S/c1-13-7-9-15(10-8-13)29(26,27)21-12-11-18(24)28-14(2)19-22-17-6-4-3-5-16(17)20(25)23-19/h3-10,14,21H,11-12H2,1-2H3,(H,22,23,25)/t14-/m1/s1. The first-order valence-corrected chi connectivity index (χ1v) is 10.5. The second kappa shape index (κ2) is 8.54. The SMILES string of the molecule is Cc1ccc(S(=O)(=O)NCCC(=O)O[C@H](C)c2nc3ccccc3c(=O)[nH]2)cc1. The number of para-hydroxylation sites is 1. The number of nitrogens with zero attached hydrogens (tertiary/aromatic N) is 1. The first-order valence-electron chi connectivity index (χ1n) is 9.01. The molecule has 1 aromatic heterocycles. The van der Waals surface area contributed by atoms with E-state index in [0.717, 1.165) is 5.56 Å². The Morgan fingerprint density at radius 1 is 1.17 bits per heavy atom. The smallest absolute Gasteiger partial charge is 0.307 e. The number of benzene rings is 2. The second-order valence-corrected chi connectivity index (χ2v) is 8.33. The van der Waals surface area contributed by atoms with Crippen molar-refractivity contribution in [2.24, 2.45) is 0 Å².